The second-order valence-electron chi connectivity index (χ2n) is 4.66. The molecule has 0 aromatic carbocycles. The number of nitrogens with zero attached hydrogens (tertiary/aromatic N) is 1. The van der Waals surface area contributed by atoms with E-state index in [2.05, 4.69) is 11.8 Å². The third-order valence-electron chi connectivity index (χ3n) is 2.97. The fraction of sp³-hybridized carbons (Fsp3) is 1.00. The average molecular weight is 201 g/mol. The first-order valence-corrected chi connectivity index (χ1v) is 5.66. The zero-order valence-corrected chi connectivity index (χ0v) is 9.32. The highest BCUT2D eigenvalue weighted by molar-refractivity contribution is 4.81. The molecule has 1 aliphatic rings. The fourth-order valence-electron chi connectivity index (χ4n) is 2.25. The van der Waals surface area contributed by atoms with Gasteiger partial charge in [-0.2, -0.15) is 0 Å². The number of hydrogen-bond donors (Lipinski definition) is 2. The van der Waals surface area contributed by atoms with E-state index in [4.69, 9.17) is 5.11 Å². The van der Waals surface area contributed by atoms with Crippen molar-refractivity contribution in [3.05, 3.63) is 0 Å². The molecule has 0 amide bonds. The Hall–Kier alpha value is -0.120. The maximum absolute atomic E-state index is 9.35. The van der Waals surface area contributed by atoms with E-state index in [1.165, 1.54) is 12.8 Å². The Morgan fingerprint density at radius 3 is 2.71 bits per heavy atom. The monoisotopic (exact) mass is 201 g/mol. The van der Waals surface area contributed by atoms with Gasteiger partial charge in [0.1, 0.15) is 0 Å². The first-order valence-electron chi connectivity index (χ1n) is 5.66. The van der Waals surface area contributed by atoms with Crippen molar-refractivity contribution < 1.29 is 10.2 Å². The number of rotatable bonds is 5. The molecule has 1 heterocycles. The maximum atomic E-state index is 9.35. The Labute approximate surface area is 86.7 Å². The van der Waals surface area contributed by atoms with E-state index in [0.717, 1.165) is 19.5 Å². The van der Waals surface area contributed by atoms with Crippen molar-refractivity contribution in [3.63, 3.8) is 0 Å². The third-order valence-corrected chi connectivity index (χ3v) is 2.97. The van der Waals surface area contributed by atoms with Gasteiger partial charge in [-0.1, -0.05) is 6.92 Å². The molecule has 0 bridgehead atoms. The SMILES string of the molecule is CC(O)CC1CCCN1CC(C)CO. The molecule has 1 saturated heterocycles. The summed E-state index contributed by atoms with van der Waals surface area (Å²) in [6.45, 7) is 6.28. The largest absolute Gasteiger partial charge is 0.396 e. The molecule has 0 aromatic rings. The van der Waals surface area contributed by atoms with Crippen molar-refractivity contribution in [1.82, 2.24) is 4.90 Å². The summed E-state index contributed by atoms with van der Waals surface area (Å²) >= 11 is 0. The Morgan fingerprint density at radius 2 is 2.14 bits per heavy atom. The summed E-state index contributed by atoms with van der Waals surface area (Å²) in [6, 6.07) is 0.531. The van der Waals surface area contributed by atoms with Gasteiger partial charge in [0.2, 0.25) is 0 Å². The zero-order valence-electron chi connectivity index (χ0n) is 9.32. The topological polar surface area (TPSA) is 43.7 Å². The van der Waals surface area contributed by atoms with Crippen LogP contribution in [0.3, 0.4) is 0 Å². The van der Waals surface area contributed by atoms with E-state index in [1.807, 2.05) is 6.92 Å². The highest BCUT2D eigenvalue weighted by Gasteiger charge is 2.26. The summed E-state index contributed by atoms with van der Waals surface area (Å²) in [5, 5.41) is 18.3. The fourth-order valence-corrected chi connectivity index (χ4v) is 2.25. The quantitative estimate of drug-likeness (QED) is 0.693. The predicted molar refractivity (Wildman–Crippen MR) is 57.1 cm³/mol. The molecule has 84 valence electrons. The Morgan fingerprint density at radius 1 is 1.43 bits per heavy atom. The lowest BCUT2D eigenvalue weighted by atomic mass is 10.1. The van der Waals surface area contributed by atoms with Crippen molar-refractivity contribution in [2.24, 2.45) is 5.92 Å². The van der Waals surface area contributed by atoms with Crippen LogP contribution in [0, 0.1) is 5.92 Å². The molecule has 14 heavy (non-hydrogen) atoms. The van der Waals surface area contributed by atoms with Crippen LogP contribution in [0.1, 0.15) is 33.1 Å². The van der Waals surface area contributed by atoms with Gasteiger partial charge in [-0.15, -0.1) is 0 Å². The van der Waals surface area contributed by atoms with Crippen LogP contribution >= 0.6 is 0 Å². The van der Waals surface area contributed by atoms with E-state index in [9.17, 15) is 5.11 Å². The van der Waals surface area contributed by atoms with E-state index < -0.39 is 0 Å². The molecule has 0 saturated carbocycles. The lowest BCUT2D eigenvalue weighted by Crippen LogP contribution is -2.36. The molecule has 0 radical (unpaired) electrons. The summed E-state index contributed by atoms with van der Waals surface area (Å²) in [5.74, 6) is 0.351. The van der Waals surface area contributed by atoms with Gasteiger partial charge in [0.25, 0.3) is 0 Å². The Balaban J connectivity index is 2.35. The van der Waals surface area contributed by atoms with Gasteiger partial charge in [0, 0.05) is 19.2 Å². The summed E-state index contributed by atoms with van der Waals surface area (Å²) < 4.78 is 0. The number of aliphatic hydroxyl groups excluding tert-OH is 2. The van der Waals surface area contributed by atoms with Crippen LogP contribution in [0.4, 0.5) is 0 Å². The van der Waals surface area contributed by atoms with Crippen LogP contribution in [-0.4, -0.2) is 47.0 Å². The van der Waals surface area contributed by atoms with Crippen LogP contribution in [0.5, 0.6) is 0 Å². The van der Waals surface area contributed by atoms with Crippen molar-refractivity contribution in [3.8, 4) is 0 Å². The highest BCUT2D eigenvalue weighted by atomic mass is 16.3. The smallest absolute Gasteiger partial charge is 0.0527 e. The molecule has 0 aromatic heterocycles. The van der Waals surface area contributed by atoms with Crippen LogP contribution in [0.2, 0.25) is 0 Å². The van der Waals surface area contributed by atoms with E-state index in [1.54, 1.807) is 0 Å². The summed E-state index contributed by atoms with van der Waals surface area (Å²) in [4.78, 5) is 2.41. The molecule has 0 aliphatic carbocycles. The Kier molecular flexibility index (Phi) is 4.85. The average Bonchev–Trinajstić information content (AvgIpc) is 2.52. The molecule has 3 nitrogen and oxygen atoms in total. The molecule has 1 fully saturated rings. The molecule has 3 heteroatoms. The molecular formula is C11H23NO2. The van der Waals surface area contributed by atoms with Crippen molar-refractivity contribution in [1.29, 1.82) is 0 Å². The second-order valence-corrected chi connectivity index (χ2v) is 4.66. The van der Waals surface area contributed by atoms with Gasteiger partial charge >= 0.3 is 0 Å². The van der Waals surface area contributed by atoms with E-state index in [0.29, 0.717) is 12.0 Å². The summed E-state index contributed by atoms with van der Waals surface area (Å²) in [7, 11) is 0. The lowest BCUT2D eigenvalue weighted by molar-refractivity contribution is 0.115. The van der Waals surface area contributed by atoms with Crippen LogP contribution in [0.25, 0.3) is 0 Å². The summed E-state index contributed by atoms with van der Waals surface area (Å²) in [6.07, 6.45) is 3.10. The van der Waals surface area contributed by atoms with Gasteiger partial charge in [0.05, 0.1) is 6.10 Å². The molecule has 3 unspecified atom stereocenters. The number of aliphatic hydroxyl groups is 2. The first-order chi connectivity index (χ1) is 6.63. The maximum Gasteiger partial charge on any atom is 0.0527 e. The van der Waals surface area contributed by atoms with Gasteiger partial charge in [-0.25, -0.2) is 0 Å². The minimum Gasteiger partial charge on any atom is -0.396 e. The van der Waals surface area contributed by atoms with E-state index in [-0.39, 0.29) is 12.7 Å². The highest BCUT2D eigenvalue weighted by Crippen LogP contribution is 2.22. The minimum absolute atomic E-state index is 0.204. The minimum atomic E-state index is -0.204. The molecule has 1 aliphatic heterocycles. The molecule has 0 spiro atoms. The normalized spacial score (nSPS) is 27.9. The van der Waals surface area contributed by atoms with Crippen molar-refractivity contribution in [2.75, 3.05) is 19.7 Å². The lowest BCUT2D eigenvalue weighted by Gasteiger charge is -2.27. The van der Waals surface area contributed by atoms with Crippen LogP contribution < -0.4 is 0 Å². The van der Waals surface area contributed by atoms with Crippen molar-refractivity contribution in [2.45, 2.75) is 45.3 Å². The standard InChI is InChI=1S/C11H23NO2/c1-9(8-13)7-12-5-3-4-11(12)6-10(2)14/h9-11,13-14H,3-8H2,1-2H3. The number of hydrogen-bond acceptors (Lipinski definition) is 3. The van der Waals surface area contributed by atoms with E-state index >= 15 is 0 Å². The van der Waals surface area contributed by atoms with Crippen LogP contribution in [-0.2, 0) is 0 Å². The number of likely N-dealkylation sites (tertiary alicyclic amines) is 1. The molecule has 1 rings (SSSR count). The molecule has 3 atom stereocenters. The van der Waals surface area contributed by atoms with Gasteiger partial charge in [-0.3, -0.25) is 4.90 Å². The van der Waals surface area contributed by atoms with Crippen molar-refractivity contribution >= 4 is 0 Å². The zero-order chi connectivity index (χ0) is 10.6. The summed E-state index contributed by atoms with van der Waals surface area (Å²) in [5.41, 5.74) is 0. The van der Waals surface area contributed by atoms with Gasteiger partial charge < -0.3 is 10.2 Å². The second kappa shape index (κ2) is 5.69. The van der Waals surface area contributed by atoms with Gasteiger partial charge in [-0.05, 0) is 38.6 Å². The van der Waals surface area contributed by atoms with Gasteiger partial charge in [0.15, 0.2) is 0 Å². The molecular weight excluding hydrogens is 178 g/mol. The Bertz CT molecular complexity index is 161. The van der Waals surface area contributed by atoms with Crippen LogP contribution in [0.15, 0.2) is 0 Å². The third kappa shape index (κ3) is 3.56. The first kappa shape index (κ1) is 12.0. The predicted octanol–water partition coefficient (Wildman–Crippen LogP) is 0.850. The molecule has 2 N–H and O–H groups in total.